The lowest BCUT2D eigenvalue weighted by atomic mass is 10.2. The normalized spacial score (nSPS) is 12.8. The number of carboxylic acid groups (broad SMARTS) is 1. The Morgan fingerprint density at radius 1 is 1.40 bits per heavy atom. The molecule has 0 aliphatic heterocycles. The van der Waals surface area contributed by atoms with Crippen molar-refractivity contribution in [1.82, 2.24) is 5.32 Å². The average Bonchev–Trinajstić information content (AvgIpc) is 2.33. The molecular weight excluding hydrogens is 295 g/mol. The van der Waals surface area contributed by atoms with E-state index in [-0.39, 0.29) is 10.6 Å². The van der Waals surface area contributed by atoms with E-state index in [4.69, 9.17) is 5.11 Å². The molecule has 1 aromatic carbocycles. The number of nitrogens with one attached hydrogen (secondary N) is 1. The Labute approximate surface area is 117 Å². The van der Waals surface area contributed by atoms with E-state index in [0.717, 1.165) is 23.9 Å². The van der Waals surface area contributed by atoms with E-state index in [2.05, 4.69) is 5.32 Å². The van der Waals surface area contributed by atoms with E-state index in [0.29, 0.717) is 0 Å². The van der Waals surface area contributed by atoms with Crippen LogP contribution in [0.1, 0.15) is 12.5 Å². The summed E-state index contributed by atoms with van der Waals surface area (Å²) in [6.45, 7) is 1.17. The van der Waals surface area contributed by atoms with Gasteiger partial charge in [0.05, 0.1) is 5.56 Å². The Bertz CT molecular complexity index is 505. The van der Waals surface area contributed by atoms with E-state index >= 15 is 0 Å². The van der Waals surface area contributed by atoms with Gasteiger partial charge in [-0.15, -0.1) is 11.8 Å². The molecule has 1 amide bonds. The second-order valence-corrected chi connectivity index (χ2v) is 5.02. The molecule has 8 heteroatoms. The minimum absolute atomic E-state index is 0.0593. The lowest BCUT2D eigenvalue weighted by Crippen LogP contribution is -2.41. The zero-order valence-corrected chi connectivity index (χ0v) is 11.2. The molecule has 1 unspecified atom stereocenters. The molecule has 0 heterocycles. The van der Waals surface area contributed by atoms with Gasteiger partial charge in [0.25, 0.3) is 0 Å². The molecule has 0 bridgehead atoms. The summed E-state index contributed by atoms with van der Waals surface area (Å²) >= 11 is 0.934. The number of carboxylic acids is 1. The number of benzene rings is 1. The van der Waals surface area contributed by atoms with Crippen molar-refractivity contribution in [1.29, 1.82) is 0 Å². The fraction of sp³-hybridized carbons (Fsp3) is 0.333. The van der Waals surface area contributed by atoms with Crippen LogP contribution in [0.2, 0.25) is 0 Å². The van der Waals surface area contributed by atoms with Crippen molar-refractivity contribution in [3.63, 3.8) is 0 Å². The van der Waals surface area contributed by atoms with Gasteiger partial charge in [-0.25, -0.2) is 4.79 Å². The first-order chi connectivity index (χ1) is 9.20. The van der Waals surface area contributed by atoms with Crippen molar-refractivity contribution >= 4 is 23.6 Å². The highest BCUT2D eigenvalue weighted by Crippen LogP contribution is 2.31. The van der Waals surface area contributed by atoms with Gasteiger partial charge in [-0.2, -0.15) is 13.2 Å². The van der Waals surface area contributed by atoms with Crippen molar-refractivity contribution in [2.45, 2.75) is 24.0 Å². The predicted molar refractivity (Wildman–Crippen MR) is 67.4 cm³/mol. The first-order valence-electron chi connectivity index (χ1n) is 5.50. The molecule has 0 aliphatic carbocycles. The van der Waals surface area contributed by atoms with Gasteiger partial charge in [-0.05, 0) is 18.2 Å². The number of carbonyl (C=O) groups excluding carboxylic acids is 1. The van der Waals surface area contributed by atoms with E-state index < -0.39 is 29.7 Å². The molecule has 0 radical (unpaired) electrons. The minimum atomic E-state index is -4.44. The third-order valence-corrected chi connectivity index (χ3v) is 3.34. The minimum Gasteiger partial charge on any atom is -0.480 e. The Hall–Kier alpha value is -1.70. The van der Waals surface area contributed by atoms with Crippen LogP contribution in [0.5, 0.6) is 0 Å². The average molecular weight is 307 g/mol. The summed E-state index contributed by atoms with van der Waals surface area (Å²) in [6, 6.07) is 3.43. The van der Waals surface area contributed by atoms with Crippen LogP contribution in [-0.4, -0.2) is 28.8 Å². The Balaban J connectivity index is 2.73. The number of hydrogen-bond donors (Lipinski definition) is 2. The molecule has 1 atom stereocenters. The van der Waals surface area contributed by atoms with Gasteiger partial charge in [0, 0.05) is 17.6 Å². The van der Waals surface area contributed by atoms with Crippen LogP contribution in [0.4, 0.5) is 13.2 Å². The maximum atomic E-state index is 12.5. The first kappa shape index (κ1) is 16.4. The second-order valence-electron chi connectivity index (χ2n) is 3.93. The van der Waals surface area contributed by atoms with Gasteiger partial charge < -0.3 is 10.4 Å². The van der Waals surface area contributed by atoms with E-state index in [1.807, 2.05) is 0 Å². The highest BCUT2D eigenvalue weighted by atomic mass is 32.2. The fourth-order valence-corrected chi connectivity index (χ4v) is 2.33. The third kappa shape index (κ3) is 5.12. The summed E-state index contributed by atoms with van der Waals surface area (Å²) in [4.78, 5) is 22.0. The van der Waals surface area contributed by atoms with Crippen molar-refractivity contribution < 1.29 is 27.9 Å². The largest absolute Gasteiger partial charge is 0.480 e. The summed E-state index contributed by atoms with van der Waals surface area (Å²) < 4.78 is 37.5. The Morgan fingerprint density at radius 2 is 2.05 bits per heavy atom. The lowest BCUT2D eigenvalue weighted by molar-refractivity contribution is -0.140. The van der Waals surface area contributed by atoms with Gasteiger partial charge in [0.1, 0.15) is 6.04 Å². The zero-order valence-electron chi connectivity index (χ0n) is 10.4. The molecule has 1 rings (SSSR count). The van der Waals surface area contributed by atoms with Crippen molar-refractivity contribution in [2.75, 3.05) is 5.75 Å². The van der Waals surface area contributed by atoms with Crippen LogP contribution in [0.25, 0.3) is 0 Å². The van der Waals surface area contributed by atoms with Crippen LogP contribution in [0, 0.1) is 0 Å². The standard InChI is InChI=1S/C12H12F3NO3S/c1-7(17)16-10(11(18)19)6-20-9-4-2-3-8(5-9)12(13,14)15/h2-5,10H,6H2,1H3,(H,16,17)(H,18,19). The molecule has 1 aromatic rings. The summed E-state index contributed by atoms with van der Waals surface area (Å²) in [7, 11) is 0. The van der Waals surface area contributed by atoms with Gasteiger partial charge in [0.15, 0.2) is 0 Å². The number of aliphatic carboxylic acids is 1. The molecule has 0 saturated heterocycles. The molecule has 0 aliphatic rings. The number of carbonyl (C=O) groups is 2. The number of amides is 1. The topological polar surface area (TPSA) is 66.4 Å². The van der Waals surface area contributed by atoms with Crippen LogP contribution in [-0.2, 0) is 15.8 Å². The molecule has 20 heavy (non-hydrogen) atoms. The monoisotopic (exact) mass is 307 g/mol. The van der Waals surface area contributed by atoms with Crippen molar-refractivity contribution in [3.8, 4) is 0 Å². The van der Waals surface area contributed by atoms with Gasteiger partial charge >= 0.3 is 12.1 Å². The Kier molecular flexibility index (Phi) is 5.43. The molecule has 4 nitrogen and oxygen atoms in total. The number of alkyl halides is 3. The van der Waals surface area contributed by atoms with Crippen LogP contribution >= 0.6 is 11.8 Å². The Morgan fingerprint density at radius 3 is 2.55 bits per heavy atom. The maximum Gasteiger partial charge on any atom is 0.416 e. The highest BCUT2D eigenvalue weighted by Gasteiger charge is 2.30. The predicted octanol–water partition coefficient (Wildman–Crippen LogP) is 2.39. The molecule has 2 N–H and O–H groups in total. The number of hydrogen-bond acceptors (Lipinski definition) is 3. The SMILES string of the molecule is CC(=O)NC(CSc1cccc(C(F)(F)F)c1)C(=O)O. The van der Waals surface area contributed by atoms with Gasteiger partial charge in [-0.3, -0.25) is 4.79 Å². The fourth-order valence-electron chi connectivity index (χ4n) is 1.36. The molecular formula is C12H12F3NO3S. The number of rotatable bonds is 5. The van der Waals surface area contributed by atoms with Crippen LogP contribution in [0.3, 0.4) is 0 Å². The highest BCUT2D eigenvalue weighted by molar-refractivity contribution is 7.99. The smallest absolute Gasteiger partial charge is 0.416 e. The third-order valence-electron chi connectivity index (χ3n) is 2.25. The summed E-state index contributed by atoms with van der Waals surface area (Å²) in [5.41, 5.74) is -0.797. The molecule has 110 valence electrons. The summed E-state index contributed by atoms with van der Waals surface area (Å²) in [5, 5.41) is 11.1. The van der Waals surface area contributed by atoms with Crippen molar-refractivity contribution in [2.24, 2.45) is 0 Å². The number of halogens is 3. The van der Waals surface area contributed by atoms with Gasteiger partial charge in [-0.1, -0.05) is 6.07 Å². The van der Waals surface area contributed by atoms with Crippen LogP contribution < -0.4 is 5.32 Å². The zero-order chi connectivity index (χ0) is 15.3. The van der Waals surface area contributed by atoms with Crippen LogP contribution in [0.15, 0.2) is 29.2 Å². The van der Waals surface area contributed by atoms with E-state index in [1.54, 1.807) is 0 Å². The molecule has 0 fully saturated rings. The van der Waals surface area contributed by atoms with Crippen molar-refractivity contribution in [3.05, 3.63) is 29.8 Å². The molecule has 0 spiro atoms. The second kappa shape index (κ2) is 6.65. The summed E-state index contributed by atoms with van der Waals surface area (Å²) in [6.07, 6.45) is -4.44. The van der Waals surface area contributed by atoms with E-state index in [9.17, 15) is 22.8 Å². The summed E-state index contributed by atoms with van der Waals surface area (Å²) in [5.74, 6) is -1.81. The van der Waals surface area contributed by atoms with Gasteiger partial charge in [0.2, 0.25) is 5.91 Å². The maximum absolute atomic E-state index is 12.5. The van der Waals surface area contributed by atoms with E-state index in [1.165, 1.54) is 19.1 Å². The first-order valence-corrected chi connectivity index (χ1v) is 6.48. The quantitative estimate of drug-likeness (QED) is 0.820. The molecule has 0 aromatic heterocycles. The lowest BCUT2D eigenvalue weighted by Gasteiger charge is -2.13. The molecule has 0 saturated carbocycles. The number of thioether (sulfide) groups is 1.